The molecule has 0 N–H and O–H groups in total. The van der Waals surface area contributed by atoms with E-state index in [2.05, 4.69) is 45.6 Å². The van der Waals surface area contributed by atoms with E-state index in [1.165, 1.54) is 5.56 Å². The Kier molecular flexibility index (Phi) is 5.46. The van der Waals surface area contributed by atoms with Crippen molar-refractivity contribution in [3.63, 3.8) is 0 Å². The number of rotatable bonds is 5. The number of alkyl halides is 1. The lowest BCUT2D eigenvalue weighted by Gasteiger charge is -2.32. The summed E-state index contributed by atoms with van der Waals surface area (Å²) in [6.45, 7) is 14.1. The molecule has 0 atom stereocenters. The molecular weight excluding hydrogens is 244 g/mol. The molecule has 0 aromatic carbocycles. The number of pyridine rings is 1. The highest BCUT2D eigenvalue weighted by molar-refractivity contribution is 6.17. The van der Waals surface area contributed by atoms with Gasteiger partial charge in [0.1, 0.15) is 5.82 Å². The molecule has 1 aromatic rings. The maximum absolute atomic E-state index is 6.11. The van der Waals surface area contributed by atoms with Crippen LogP contribution in [-0.4, -0.2) is 17.6 Å². The van der Waals surface area contributed by atoms with Crippen molar-refractivity contribution in [3.05, 3.63) is 22.9 Å². The van der Waals surface area contributed by atoms with Crippen LogP contribution in [0.5, 0.6) is 0 Å². The minimum absolute atomic E-state index is 0.433. The maximum atomic E-state index is 6.11. The molecule has 0 aliphatic carbocycles. The third-order valence-electron chi connectivity index (χ3n) is 3.04. The van der Waals surface area contributed by atoms with Crippen LogP contribution in [0.3, 0.4) is 0 Å². The van der Waals surface area contributed by atoms with Gasteiger partial charge in [0.2, 0.25) is 0 Å². The Morgan fingerprint density at radius 2 is 1.83 bits per heavy atom. The first kappa shape index (κ1) is 15.3. The summed E-state index contributed by atoms with van der Waals surface area (Å²) in [4.78, 5) is 7.08. The van der Waals surface area contributed by atoms with Crippen molar-refractivity contribution in [2.75, 3.05) is 11.4 Å². The van der Waals surface area contributed by atoms with Crippen LogP contribution in [0.25, 0.3) is 0 Å². The zero-order chi connectivity index (χ0) is 13.9. The topological polar surface area (TPSA) is 16.1 Å². The van der Waals surface area contributed by atoms with Gasteiger partial charge in [-0.25, -0.2) is 4.98 Å². The molecular formula is C15H25ClN2. The van der Waals surface area contributed by atoms with Crippen molar-refractivity contribution in [2.24, 2.45) is 5.92 Å². The zero-order valence-corrected chi connectivity index (χ0v) is 13.2. The number of halogens is 1. The predicted octanol–water partition coefficient (Wildman–Crippen LogP) is 4.31. The average molecular weight is 269 g/mol. The highest BCUT2D eigenvalue weighted by Crippen LogP contribution is 2.26. The van der Waals surface area contributed by atoms with Crippen molar-refractivity contribution < 1.29 is 0 Å². The smallest absolute Gasteiger partial charge is 0.133 e. The van der Waals surface area contributed by atoms with Gasteiger partial charge in [-0.15, -0.1) is 11.6 Å². The first-order valence-corrected chi connectivity index (χ1v) is 7.20. The van der Waals surface area contributed by atoms with E-state index >= 15 is 0 Å². The van der Waals surface area contributed by atoms with Crippen LogP contribution in [0.4, 0.5) is 5.82 Å². The van der Waals surface area contributed by atoms with Gasteiger partial charge in [0.05, 0.1) is 5.88 Å². The Bertz CT molecular complexity index is 400. The maximum Gasteiger partial charge on any atom is 0.133 e. The fourth-order valence-corrected chi connectivity index (χ4v) is 2.51. The minimum Gasteiger partial charge on any atom is -0.354 e. The van der Waals surface area contributed by atoms with E-state index in [9.17, 15) is 0 Å². The van der Waals surface area contributed by atoms with Crippen LogP contribution in [0.15, 0.2) is 6.07 Å². The van der Waals surface area contributed by atoms with Gasteiger partial charge >= 0.3 is 0 Å². The molecule has 1 heterocycles. The summed E-state index contributed by atoms with van der Waals surface area (Å²) in [5.74, 6) is 2.19. The monoisotopic (exact) mass is 268 g/mol. The summed E-state index contributed by atoms with van der Waals surface area (Å²) in [6.07, 6.45) is 0. The third kappa shape index (κ3) is 3.61. The van der Waals surface area contributed by atoms with Crippen LogP contribution in [-0.2, 0) is 5.88 Å². The van der Waals surface area contributed by atoms with E-state index in [0.29, 0.717) is 17.8 Å². The van der Waals surface area contributed by atoms with Gasteiger partial charge in [0.25, 0.3) is 0 Å². The average Bonchev–Trinajstić information content (AvgIpc) is 2.24. The minimum atomic E-state index is 0.433. The molecule has 0 aliphatic rings. The summed E-state index contributed by atoms with van der Waals surface area (Å²) in [7, 11) is 0. The highest BCUT2D eigenvalue weighted by atomic mass is 35.5. The largest absolute Gasteiger partial charge is 0.354 e. The molecule has 0 amide bonds. The van der Waals surface area contributed by atoms with Crippen LogP contribution in [0.1, 0.15) is 44.5 Å². The molecule has 0 saturated carbocycles. The summed E-state index contributed by atoms with van der Waals surface area (Å²) in [5, 5.41) is 0. The lowest BCUT2D eigenvalue weighted by Crippen LogP contribution is -2.35. The molecule has 18 heavy (non-hydrogen) atoms. The number of hydrogen-bond donors (Lipinski definition) is 0. The molecule has 3 heteroatoms. The second kappa shape index (κ2) is 6.42. The fourth-order valence-electron chi connectivity index (χ4n) is 2.18. The van der Waals surface area contributed by atoms with E-state index in [0.717, 1.165) is 23.6 Å². The van der Waals surface area contributed by atoms with Crippen molar-refractivity contribution in [1.82, 2.24) is 4.98 Å². The summed E-state index contributed by atoms with van der Waals surface area (Å²) in [6, 6.07) is 2.54. The fraction of sp³-hybridized carbons (Fsp3) is 0.667. The van der Waals surface area contributed by atoms with Gasteiger partial charge in [-0.2, -0.15) is 0 Å². The Labute approximate surface area is 116 Å². The van der Waals surface area contributed by atoms with E-state index in [4.69, 9.17) is 16.6 Å². The molecule has 1 aromatic heterocycles. The molecule has 0 aliphatic heterocycles. The number of aromatic nitrogens is 1. The second-order valence-corrected chi connectivity index (χ2v) is 5.92. The number of aryl methyl sites for hydroxylation is 2. The Hall–Kier alpha value is -0.760. The normalized spacial score (nSPS) is 11.4. The lowest BCUT2D eigenvalue weighted by atomic mass is 10.1. The Balaban J connectivity index is 3.25. The highest BCUT2D eigenvalue weighted by Gasteiger charge is 2.18. The first-order valence-electron chi connectivity index (χ1n) is 6.66. The first-order chi connectivity index (χ1) is 8.36. The van der Waals surface area contributed by atoms with Gasteiger partial charge in [-0.1, -0.05) is 13.8 Å². The Morgan fingerprint density at radius 1 is 1.22 bits per heavy atom. The molecule has 102 valence electrons. The number of hydrogen-bond acceptors (Lipinski definition) is 2. The summed E-state index contributed by atoms with van der Waals surface area (Å²) < 4.78 is 0. The third-order valence-corrected chi connectivity index (χ3v) is 3.31. The van der Waals surface area contributed by atoms with Gasteiger partial charge in [-0.3, -0.25) is 0 Å². The second-order valence-electron chi connectivity index (χ2n) is 5.66. The molecule has 0 unspecified atom stereocenters. The lowest BCUT2D eigenvalue weighted by molar-refractivity contribution is 0.564. The predicted molar refractivity (Wildman–Crippen MR) is 80.6 cm³/mol. The number of anilines is 1. The van der Waals surface area contributed by atoms with Crippen LogP contribution in [0, 0.1) is 19.8 Å². The van der Waals surface area contributed by atoms with Gasteiger partial charge in [-0.05, 0) is 45.2 Å². The van der Waals surface area contributed by atoms with Crippen LogP contribution in [0.2, 0.25) is 0 Å². The molecule has 0 fully saturated rings. The molecule has 0 spiro atoms. The van der Waals surface area contributed by atoms with Crippen molar-refractivity contribution >= 4 is 17.4 Å². The van der Waals surface area contributed by atoms with Crippen LogP contribution >= 0.6 is 11.6 Å². The SMILES string of the molecule is Cc1cc(C)c(CCl)c(N(CC(C)C)C(C)C)n1. The van der Waals surface area contributed by atoms with Crippen LogP contribution < -0.4 is 4.90 Å². The number of nitrogens with zero attached hydrogens (tertiary/aromatic N) is 2. The van der Waals surface area contributed by atoms with E-state index in [-0.39, 0.29) is 0 Å². The quantitative estimate of drug-likeness (QED) is 0.740. The standard InChI is InChI=1S/C15H25ClN2/c1-10(2)9-18(11(3)4)15-14(8-16)12(5)7-13(6)17-15/h7,10-11H,8-9H2,1-6H3. The molecule has 0 radical (unpaired) electrons. The molecule has 1 rings (SSSR count). The van der Waals surface area contributed by atoms with Gasteiger partial charge in [0.15, 0.2) is 0 Å². The van der Waals surface area contributed by atoms with Crippen molar-refractivity contribution in [2.45, 2.75) is 53.5 Å². The van der Waals surface area contributed by atoms with E-state index < -0.39 is 0 Å². The molecule has 0 bridgehead atoms. The van der Waals surface area contributed by atoms with Gasteiger partial charge < -0.3 is 4.90 Å². The van der Waals surface area contributed by atoms with E-state index in [1.54, 1.807) is 0 Å². The Morgan fingerprint density at radius 3 is 2.28 bits per heavy atom. The molecule has 0 saturated heterocycles. The summed E-state index contributed by atoms with van der Waals surface area (Å²) in [5.41, 5.74) is 3.46. The van der Waals surface area contributed by atoms with Gasteiger partial charge in [0, 0.05) is 23.8 Å². The van der Waals surface area contributed by atoms with E-state index in [1.807, 2.05) is 6.92 Å². The molecule has 2 nitrogen and oxygen atoms in total. The zero-order valence-electron chi connectivity index (χ0n) is 12.4. The van der Waals surface area contributed by atoms with Crippen molar-refractivity contribution in [1.29, 1.82) is 0 Å². The summed E-state index contributed by atoms with van der Waals surface area (Å²) >= 11 is 6.11. The van der Waals surface area contributed by atoms with Crippen molar-refractivity contribution in [3.8, 4) is 0 Å².